The lowest BCUT2D eigenvalue weighted by atomic mass is 10.2. The van der Waals surface area contributed by atoms with Gasteiger partial charge in [-0.25, -0.2) is 0 Å². The molecule has 2 amide bonds. The monoisotopic (exact) mass is 244 g/mol. The third kappa shape index (κ3) is 5.65. The molecule has 0 aromatic rings. The van der Waals surface area contributed by atoms with Crippen LogP contribution in [0, 0.1) is 0 Å². The van der Waals surface area contributed by atoms with E-state index in [0.29, 0.717) is 32.7 Å². The molecule has 0 bridgehead atoms. The molecular formula is C11H20N2O4. The fraction of sp³-hybridized carbons (Fsp3) is 0.818. The fourth-order valence-corrected chi connectivity index (χ4v) is 1.57. The Hall–Kier alpha value is -1.14. The number of rotatable bonds is 7. The first-order valence-corrected chi connectivity index (χ1v) is 5.89. The topological polar surface area (TPSA) is 76.7 Å². The smallest absolute Gasteiger partial charge is 0.249 e. The molecule has 0 aliphatic carbocycles. The SMILES string of the molecule is COCCC(=O)NCCNC(=O)C1CCCO1. The normalized spacial score (nSPS) is 19.0. The van der Waals surface area contributed by atoms with Crippen LogP contribution in [0.1, 0.15) is 19.3 Å². The number of ether oxygens (including phenoxy) is 2. The van der Waals surface area contributed by atoms with Crippen LogP contribution in [0.4, 0.5) is 0 Å². The molecule has 98 valence electrons. The molecule has 1 aliphatic heterocycles. The number of hydrogen-bond acceptors (Lipinski definition) is 4. The van der Waals surface area contributed by atoms with Crippen molar-refractivity contribution < 1.29 is 19.1 Å². The molecule has 6 heteroatoms. The molecule has 17 heavy (non-hydrogen) atoms. The first-order chi connectivity index (χ1) is 8.24. The van der Waals surface area contributed by atoms with Gasteiger partial charge in [-0.2, -0.15) is 0 Å². The number of carbonyl (C=O) groups is 2. The van der Waals surface area contributed by atoms with Gasteiger partial charge in [-0.05, 0) is 12.8 Å². The Bertz CT molecular complexity index is 252. The summed E-state index contributed by atoms with van der Waals surface area (Å²) >= 11 is 0. The molecule has 1 atom stereocenters. The van der Waals surface area contributed by atoms with Crippen LogP contribution in [0.25, 0.3) is 0 Å². The zero-order valence-electron chi connectivity index (χ0n) is 10.2. The largest absolute Gasteiger partial charge is 0.384 e. The maximum atomic E-state index is 11.5. The lowest BCUT2D eigenvalue weighted by molar-refractivity contribution is -0.130. The van der Waals surface area contributed by atoms with Crippen LogP contribution in [0.2, 0.25) is 0 Å². The van der Waals surface area contributed by atoms with Gasteiger partial charge in [0.25, 0.3) is 0 Å². The van der Waals surface area contributed by atoms with Crippen molar-refractivity contribution in [3.05, 3.63) is 0 Å². The third-order valence-electron chi connectivity index (χ3n) is 2.50. The average molecular weight is 244 g/mol. The van der Waals surface area contributed by atoms with Gasteiger partial charge < -0.3 is 20.1 Å². The van der Waals surface area contributed by atoms with Crippen molar-refractivity contribution in [2.24, 2.45) is 0 Å². The zero-order chi connectivity index (χ0) is 12.5. The highest BCUT2D eigenvalue weighted by atomic mass is 16.5. The second-order valence-electron chi connectivity index (χ2n) is 3.89. The summed E-state index contributed by atoms with van der Waals surface area (Å²) in [4.78, 5) is 22.7. The van der Waals surface area contributed by atoms with E-state index in [1.807, 2.05) is 0 Å². The molecule has 0 spiro atoms. The van der Waals surface area contributed by atoms with E-state index in [9.17, 15) is 9.59 Å². The summed E-state index contributed by atoms with van der Waals surface area (Å²) in [6, 6.07) is 0. The summed E-state index contributed by atoms with van der Waals surface area (Å²) in [5.74, 6) is -0.160. The zero-order valence-corrected chi connectivity index (χ0v) is 10.2. The van der Waals surface area contributed by atoms with E-state index in [2.05, 4.69) is 10.6 Å². The summed E-state index contributed by atoms with van der Waals surface area (Å²) in [5, 5.41) is 5.42. The minimum Gasteiger partial charge on any atom is -0.384 e. The van der Waals surface area contributed by atoms with Crippen molar-refractivity contribution in [3.8, 4) is 0 Å². The van der Waals surface area contributed by atoms with Crippen LogP contribution < -0.4 is 10.6 Å². The molecule has 1 unspecified atom stereocenters. The lowest BCUT2D eigenvalue weighted by Crippen LogP contribution is -2.39. The molecule has 1 aliphatic rings. The van der Waals surface area contributed by atoms with E-state index < -0.39 is 0 Å². The number of carbonyl (C=O) groups excluding carboxylic acids is 2. The highest BCUT2D eigenvalue weighted by Crippen LogP contribution is 2.11. The van der Waals surface area contributed by atoms with Gasteiger partial charge in [0.1, 0.15) is 6.10 Å². The van der Waals surface area contributed by atoms with Crippen molar-refractivity contribution in [2.45, 2.75) is 25.4 Å². The van der Waals surface area contributed by atoms with E-state index in [-0.39, 0.29) is 17.9 Å². The second kappa shape index (κ2) is 8.03. The highest BCUT2D eigenvalue weighted by molar-refractivity contribution is 5.81. The molecule has 0 radical (unpaired) electrons. The highest BCUT2D eigenvalue weighted by Gasteiger charge is 2.22. The summed E-state index contributed by atoms with van der Waals surface area (Å²) < 4.78 is 10.0. The molecular weight excluding hydrogens is 224 g/mol. The van der Waals surface area contributed by atoms with Gasteiger partial charge in [-0.15, -0.1) is 0 Å². The summed E-state index contributed by atoms with van der Waals surface area (Å²) in [7, 11) is 1.55. The summed E-state index contributed by atoms with van der Waals surface area (Å²) in [5.41, 5.74) is 0. The Morgan fingerprint density at radius 3 is 2.76 bits per heavy atom. The quantitative estimate of drug-likeness (QED) is 0.588. The second-order valence-corrected chi connectivity index (χ2v) is 3.89. The van der Waals surface area contributed by atoms with Gasteiger partial charge in [0.05, 0.1) is 6.61 Å². The van der Waals surface area contributed by atoms with Crippen LogP contribution in [-0.4, -0.2) is 51.3 Å². The summed E-state index contributed by atoms with van der Waals surface area (Å²) in [6.07, 6.45) is 1.76. The van der Waals surface area contributed by atoms with Crippen molar-refractivity contribution in [3.63, 3.8) is 0 Å². The van der Waals surface area contributed by atoms with E-state index in [0.717, 1.165) is 12.8 Å². The van der Waals surface area contributed by atoms with Crippen LogP contribution >= 0.6 is 0 Å². The Kier molecular flexibility index (Phi) is 6.57. The lowest BCUT2D eigenvalue weighted by Gasteiger charge is -2.10. The van der Waals surface area contributed by atoms with E-state index >= 15 is 0 Å². The van der Waals surface area contributed by atoms with Crippen LogP contribution in [0.15, 0.2) is 0 Å². The summed E-state index contributed by atoms with van der Waals surface area (Å²) in [6.45, 7) is 1.93. The van der Waals surface area contributed by atoms with E-state index in [1.165, 1.54) is 0 Å². The number of hydrogen-bond donors (Lipinski definition) is 2. The first-order valence-electron chi connectivity index (χ1n) is 5.89. The van der Waals surface area contributed by atoms with Gasteiger partial charge in [-0.3, -0.25) is 9.59 Å². The predicted molar refractivity (Wildman–Crippen MR) is 61.5 cm³/mol. The molecule has 0 saturated carbocycles. The van der Waals surface area contributed by atoms with Crippen LogP contribution in [0.3, 0.4) is 0 Å². The molecule has 1 fully saturated rings. The Labute approximate surface area is 101 Å². The molecule has 2 N–H and O–H groups in total. The van der Waals surface area contributed by atoms with Gasteiger partial charge in [0, 0.05) is 33.2 Å². The van der Waals surface area contributed by atoms with Gasteiger partial charge >= 0.3 is 0 Å². The fourth-order valence-electron chi connectivity index (χ4n) is 1.57. The maximum absolute atomic E-state index is 11.5. The van der Waals surface area contributed by atoms with Crippen LogP contribution in [0.5, 0.6) is 0 Å². The van der Waals surface area contributed by atoms with Crippen molar-refractivity contribution in [2.75, 3.05) is 33.4 Å². The number of nitrogens with one attached hydrogen (secondary N) is 2. The molecule has 0 aromatic heterocycles. The Balaban J connectivity index is 1.99. The van der Waals surface area contributed by atoms with Gasteiger partial charge in [0.15, 0.2) is 0 Å². The average Bonchev–Trinajstić information content (AvgIpc) is 2.85. The maximum Gasteiger partial charge on any atom is 0.249 e. The van der Waals surface area contributed by atoms with E-state index in [4.69, 9.17) is 9.47 Å². The first kappa shape index (κ1) is 13.9. The standard InChI is InChI=1S/C11H20N2O4/c1-16-8-4-10(14)12-5-6-13-11(15)9-3-2-7-17-9/h9H,2-8H2,1H3,(H,12,14)(H,13,15). The number of amides is 2. The molecule has 0 aromatic carbocycles. The minimum atomic E-state index is -0.306. The predicted octanol–water partition coefficient (Wildman–Crippen LogP) is -0.566. The molecule has 1 saturated heterocycles. The molecule has 6 nitrogen and oxygen atoms in total. The number of methoxy groups -OCH3 is 1. The van der Waals surface area contributed by atoms with Gasteiger partial charge in [-0.1, -0.05) is 0 Å². The third-order valence-corrected chi connectivity index (χ3v) is 2.50. The Morgan fingerprint density at radius 2 is 2.12 bits per heavy atom. The molecule has 1 heterocycles. The van der Waals surface area contributed by atoms with Crippen molar-refractivity contribution in [1.82, 2.24) is 10.6 Å². The molecule has 1 rings (SSSR count). The van der Waals surface area contributed by atoms with Gasteiger partial charge in [0.2, 0.25) is 11.8 Å². The Morgan fingerprint density at radius 1 is 1.35 bits per heavy atom. The van der Waals surface area contributed by atoms with Crippen molar-refractivity contribution >= 4 is 11.8 Å². The van der Waals surface area contributed by atoms with Crippen LogP contribution in [-0.2, 0) is 19.1 Å². The minimum absolute atomic E-state index is 0.0711. The van der Waals surface area contributed by atoms with Crippen molar-refractivity contribution in [1.29, 1.82) is 0 Å². The van der Waals surface area contributed by atoms with E-state index in [1.54, 1.807) is 7.11 Å².